The average Bonchev–Trinajstić information content (AvgIpc) is 2.37. The van der Waals surface area contributed by atoms with Gasteiger partial charge in [0.15, 0.2) is 0 Å². The molecule has 1 aromatic carbocycles. The van der Waals surface area contributed by atoms with Crippen LogP contribution in [0, 0.1) is 5.82 Å². The number of halogens is 1. The molecule has 3 N–H and O–H groups in total. The second-order valence-electron chi connectivity index (χ2n) is 5.37. The van der Waals surface area contributed by atoms with Gasteiger partial charge in [0.1, 0.15) is 22.5 Å². The van der Waals surface area contributed by atoms with Crippen LogP contribution in [0.1, 0.15) is 26.6 Å². The fourth-order valence-corrected chi connectivity index (χ4v) is 2.40. The van der Waals surface area contributed by atoms with Crippen LogP contribution in [0.2, 0.25) is 0 Å². The average molecular weight is 292 g/mol. The summed E-state index contributed by atoms with van der Waals surface area (Å²) >= 11 is 1.37. The highest BCUT2D eigenvalue weighted by atomic mass is 32.2. The van der Waals surface area contributed by atoms with Crippen LogP contribution >= 0.6 is 11.8 Å². The van der Waals surface area contributed by atoms with Crippen LogP contribution in [0.3, 0.4) is 0 Å². The fraction of sp³-hybridized carbons (Fsp3) is 0.286. The first-order chi connectivity index (χ1) is 9.38. The number of hydrogen-bond donors (Lipinski definition) is 2. The smallest absolute Gasteiger partial charge is 0.144 e. The normalized spacial score (nSPS) is 11.4. The van der Waals surface area contributed by atoms with Crippen LogP contribution in [0.15, 0.2) is 40.3 Å². The summed E-state index contributed by atoms with van der Waals surface area (Å²) in [6.07, 6.45) is 0. The number of hydrazine groups is 1. The van der Waals surface area contributed by atoms with Gasteiger partial charge in [-0.25, -0.2) is 20.2 Å². The molecule has 0 atom stereocenters. The van der Waals surface area contributed by atoms with Crippen LogP contribution in [0.25, 0.3) is 0 Å². The molecule has 0 aliphatic heterocycles. The maximum Gasteiger partial charge on any atom is 0.144 e. The molecular formula is C14H17FN4S. The van der Waals surface area contributed by atoms with Crippen molar-refractivity contribution >= 4 is 17.6 Å². The Bertz CT molecular complexity index is 610. The van der Waals surface area contributed by atoms with Crippen molar-refractivity contribution in [2.75, 3.05) is 5.43 Å². The van der Waals surface area contributed by atoms with Crippen LogP contribution < -0.4 is 11.3 Å². The summed E-state index contributed by atoms with van der Waals surface area (Å²) in [7, 11) is 0. The number of anilines is 1. The summed E-state index contributed by atoms with van der Waals surface area (Å²) < 4.78 is 13.2. The van der Waals surface area contributed by atoms with Gasteiger partial charge in [-0.05, 0) is 18.2 Å². The standard InChI is InChI=1S/C14H17FN4S/c1-14(2,3)13-17-11(19-16)8-12(18-13)20-10-6-4-5-9(15)7-10/h4-8H,16H2,1-3H3,(H,17,18,19). The van der Waals surface area contributed by atoms with E-state index in [-0.39, 0.29) is 11.2 Å². The molecule has 0 amide bonds. The van der Waals surface area contributed by atoms with Crippen molar-refractivity contribution in [3.63, 3.8) is 0 Å². The molecule has 0 aliphatic carbocycles. The summed E-state index contributed by atoms with van der Waals surface area (Å²) in [5.74, 6) is 6.40. The molecule has 1 aromatic heterocycles. The van der Waals surface area contributed by atoms with E-state index in [0.29, 0.717) is 11.6 Å². The van der Waals surface area contributed by atoms with E-state index in [2.05, 4.69) is 15.4 Å². The Balaban J connectivity index is 2.36. The number of aromatic nitrogens is 2. The molecular weight excluding hydrogens is 275 g/mol. The molecule has 6 heteroatoms. The lowest BCUT2D eigenvalue weighted by molar-refractivity contribution is 0.539. The van der Waals surface area contributed by atoms with E-state index in [1.807, 2.05) is 26.8 Å². The number of benzene rings is 1. The summed E-state index contributed by atoms with van der Waals surface area (Å²) in [6.45, 7) is 6.08. The molecule has 0 spiro atoms. The van der Waals surface area contributed by atoms with Crippen LogP contribution in [-0.4, -0.2) is 9.97 Å². The first kappa shape index (κ1) is 14.7. The third kappa shape index (κ3) is 3.68. The van der Waals surface area contributed by atoms with Gasteiger partial charge in [-0.1, -0.05) is 38.6 Å². The molecule has 106 valence electrons. The molecule has 0 aliphatic rings. The molecule has 1 heterocycles. The Morgan fingerprint density at radius 1 is 1.20 bits per heavy atom. The number of nitrogens with zero attached hydrogens (tertiary/aromatic N) is 2. The van der Waals surface area contributed by atoms with Gasteiger partial charge < -0.3 is 5.43 Å². The molecule has 2 aromatic rings. The lowest BCUT2D eigenvalue weighted by Crippen LogP contribution is -2.19. The molecule has 2 rings (SSSR count). The largest absolute Gasteiger partial charge is 0.308 e. The summed E-state index contributed by atoms with van der Waals surface area (Å²) in [5, 5.41) is 0.725. The Kier molecular flexibility index (Phi) is 4.25. The van der Waals surface area contributed by atoms with Gasteiger partial charge in [-0.15, -0.1) is 0 Å². The van der Waals surface area contributed by atoms with Crippen LogP contribution in [0.4, 0.5) is 10.2 Å². The van der Waals surface area contributed by atoms with Crippen molar-refractivity contribution in [3.05, 3.63) is 42.0 Å². The molecule has 0 radical (unpaired) electrons. The van der Waals surface area contributed by atoms with E-state index in [1.165, 1.54) is 23.9 Å². The number of nitrogen functional groups attached to an aromatic ring is 1. The highest BCUT2D eigenvalue weighted by Gasteiger charge is 2.19. The first-order valence-corrected chi connectivity index (χ1v) is 7.00. The SMILES string of the molecule is CC(C)(C)c1nc(NN)cc(Sc2cccc(F)c2)n1. The van der Waals surface area contributed by atoms with Gasteiger partial charge in [-0.2, -0.15) is 0 Å². The van der Waals surface area contributed by atoms with E-state index >= 15 is 0 Å². The van der Waals surface area contributed by atoms with E-state index in [0.717, 1.165) is 9.92 Å². The molecule has 20 heavy (non-hydrogen) atoms. The monoisotopic (exact) mass is 292 g/mol. The highest BCUT2D eigenvalue weighted by molar-refractivity contribution is 7.99. The predicted octanol–water partition coefficient (Wildman–Crippen LogP) is 3.35. The van der Waals surface area contributed by atoms with Crippen LogP contribution in [-0.2, 0) is 5.41 Å². The second kappa shape index (κ2) is 5.76. The zero-order valence-corrected chi connectivity index (χ0v) is 12.5. The molecule has 0 saturated heterocycles. The minimum Gasteiger partial charge on any atom is -0.308 e. The maximum absolute atomic E-state index is 13.2. The van der Waals surface area contributed by atoms with Crippen molar-refractivity contribution in [1.29, 1.82) is 0 Å². The van der Waals surface area contributed by atoms with E-state index in [4.69, 9.17) is 5.84 Å². The van der Waals surface area contributed by atoms with Crippen molar-refractivity contribution in [3.8, 4) is 0 Å². The highest BCUT2D eigenvalue weighted by Crippen LogP contribution is 2.30. The third-order valence-electron chi connectivity index (χ3n) is 2.54. The van der Waals surface area contributed by atoms with Gasteiger partial charge in [-0.3, -0.25) is 0 Å². The number of nitrogens with one attached hydrogen (secondary N) is 1. The maximum atomic E-state index is 13.2. The van der Waals surface area contributed by atoms with E-state index in [1.54, 1.807) is 12.1 Å². The van der Waals surface area contributed by atoms with E-state index < -0.39 is 0 Å². The summed E-state index contributed by atoms with van der Waals surface area (Å²) in [4.78, 5) is 9.64. The fourth-order valence-electron chi connectivity index (χ4n) is 1.54. The van der Waals surface area contributed by atoms with Gasteiger partial charge >= 0.3 is 0 Å². The van der Waals surface area contributed by atoms with Crippen molar-refractivity contribution in [1.82, 2.24) is 9.97 Å². The van der Waals surface area contributed by atoms with Crippen molar-refractivity contribution in [2.24, 2.45) is 5.84 Å². The van der Waals surface area contributed by atoms with Crippen molar-refractivity contribution in [2.45, 2.75) is 36.1 Å². The van der Waals surface area contributed by atoms with Gasteiger partial charge in [0.25, 0.3) is 0 Å². The predicted molar refractivity (Wildman–Crippen MR) is 79.1 cm³/mol. The number of nitrogens with two attached hydrogens (primary N) is 1. The van der Waals surface area contributed by atoms with Gasteiger partial charge in [0.05, 0.1) is 0 Å². The lowest BCUT2D eigenvalue weighted by atomic mass is 9.96. The molecule has 0 fully saturated rings. The summed E-state index contributed by atoms with van der Waals surface area (Å²) in [6, 6.07) is 8.13. The Labute approximate surface area is 122 Å². The Morgan fingerprint density at radius 2 is 1.95 bits per heavy atom. The van der Waals surface area contributed by atoms with Crippen LogP contribution in [0.5, 0.6) is 0 Å². The Hall–Kier alpha value is -1.66. The zero-order chi connectivity index (χ0) is 14.8. The van der Waals surface area contributed by atoms with Gasteiger partial charge in [0, 0.05) is 16.4 Å². The minimum absolute atomic E-state index is 0.190. The quantitative estimate of drug-likeness (QED) is 0.516. The Morgan fingerprint density at radius 3 is 2.55 bits per heavy atom. The molecule has 0 saturated carbocycles. The number of rotatable bonds is 3. The topological polar surface area (TPSA) is 63.8 Å². The van der Waals surface area contributed by atoms with Crippen molar-refractivity contribution < 1.29 is 4.39 Å². The lowest BCUT2D eigenvalue weighted by Gasteiger charge is -2.18. The summed E-state index contributed by atoms with van der Waals surface area (Å²) in [5.41, 5.74) is 2.35. The third-order valence-corrected chi connectivity index (χ3v) is 3.45. The second-order valence-corrected chi connectivity index (χ2v) is 6.46. The first-order valence-electron chi connectivity index (χ1n) is 6.18. The molecule has 0 unspecified atom stereocenters. The zero-order valence-electron chi connectivity index (χ0n) is 11.6. The number of hydrogen-bond acceptors (Lipinski definition) is 5. The van der Waals surface area contributed by atoms with Gasteiger partial charge in [0.2, 0.25) is 0 Å². The van der Waals surface area contributed by atoms with E-state index in [9.17, 15) is 4.39 Å². The minimum atomic E-state index is -0.266. The molecule has 0 bridgehead atoms. The molecule has 4 nitrogen and oxygen atoms in total.